The minimum atomic E-state index is -0.360. The molecule has 1 unspecified atom stereocenters. The number of methoxy groups -OCH3 is 2. The number of aromatic nitrogens is 1. The van der Waals surface area contributed by atoms with Crippen LogP contribution < -0.4 is 14.8 Å². The smallest absolute Gasteiger partial charge is 0.265 e. The Bertz CT molecular complexity index is 689. The second-order valence-corrected chi connectivity index (χ2v) is 6.21. The lowest BCUT2D eigenvalue weighted by atomic mass is 9.95. The summed E-state index contributed by atoms with van der Waals surface area (Å²) >= 11 is 0. The van der Waals surface area contributed by atoms with E-state index in [-0.39, 0.29) is 5.91 Å². The number of hydrogen-bond acceptors (Lipinski definition) is 5. The van der Waals surface area contributed by atoms with Crippen LogP contribution in [0.3, 0.4) is 0 Å². The van der Waals surface area contributed by atoms with Gasteiger partial charge in [0.2, 0.25) is 5.88 Å². The molecule has 1 amide bonds. The van der Waals surface area contributed by atoms with Gasteiger partial charge in [-0.2, -0.15) is 0 Å². The zero-order chi connectivity index (χ0) is 18.9. The molecule has 0 aliphatic rings. The third-order valence-electron chi connectivity index (χ3n) is 4.49. The molecule has 0 spiro atoms. The first-order valence-electron chi connectivity index (χ1n) is 9.13. The number of anilines is 1. The Hall–Kier alpha value is -2.50. The van der Waals surface area contributed by atoms with Gasteiger partial charge in [-0.25, -0.2) is 0 Å². The van der Waals surface area contributed by atoms with Crippen LogP contribution in [-0.4, -0.2) is 25.3 Å². The number of unbranched alkanes of at least 4 members (excludes halogenated alkanes) is 2. The number of nitrogens with zero attached hydrogens (tertiary/aromatic N) is 1. The number of nitrogens with one attached hydrogen (secondary N) is 1. The van der Waals surface area contributed by atoms with Gasteiger partial charge in [-0.15, -0.1) is 0 Å². The molecule has 1 aromatic heterocycles. The molecule has 0 radical (unpaired) electrons. The van der Waals surface area contributed by atoms with Gasteiger partial charge in [0, 0.05) is 12.0 Å². The molecule has 2 rings (SSSR count). The predicted molar refractivity (Wildman–Crippen MR) is 101 cm³/mol. The molecule has 6 nitrogen and oxygen atoms in total. The van der Waals surface area contributed by atoms with Crippen LogP contribution in [0.5, 0.6) is 11.5 Å². The Morgan fingerprint density at radius 3 is 2.46 bits per heavy atom. The summed E-state index contributed by atoms with van der Waals surface area (Å²) in [6, 6.07) is 7.00. The summed E-state index contributed by atoms with van der Waals surface area (Å²) in [5.74, 6) is 1.19. The maximum absolute atomic E-state index is 12.7. The molecule has 0 saturated heterocycles. The largest absolute Gasteiger partial charge is 0.496 e. The standard InChI is InChI=1S/C20H28N2O4/c1-5-7-8-10-14(6-2)15-13-18(26-22-15)21-20(23)19-16(24-3)11-9-12-17(19)25-4/h9,11-14H,5-8,10H2,1-4H3,(H,21,23). The average Bonchev–Trinajstić information content (AvgIpc) is 3.12. The summed E-state index contributed by atoms with van der Waals surface area (Å²) in [4.78, 5) is 12.7. The van der Waals surface area contributed by atoms with Crippen LogP contribution in [0.15, 0.2) is 28.8 Å². The zero-order valence-electron chi connectivity index (χ0n) is 16.0. The molecule has 1 atom stereocenters. The van der Waals surface area contributed by atoms with Crippen molar-refractivity contribution in [3.05, 3.63) is 35.5 Å². The van der Waals surface area contributed by atoms with Crippen molar-refractivity contribution < 1.29 is 18.8 Å². The van der Waals surface area contributed by atoms with E-state index >= 15 is 0 Å². The normalized spacial score (nSPS) is 11.8. The first-order chi connectivity index (χ1) is 12.6. The SMILES string of the molecule is CCCCCC(CC)c1cc(NC(=O)c2c(OC)cccc2OC)on1. The van der Waals surface area contributed by atoms with Crippen molar-refractivity contribution in [3.63, 3.8) is 0 Å². The van der Waals surface area contributed by atoms with Crippen LogP contribution in [0.2, 0.25) is 0 Å². The summed E-state index contributed by atoms with van der Waals surface area (Å²) in [5.41, 5.74) is 1.20. The fourth-order valence-electron chi connectivity index (χ4n) is 2.99. The van der Waals surface area contributed by atoms with Gasteiger partial charge in [0.25, 0.3) is 5.91 Å². The van der Waals surface area contributed by atoms with Crippen molar-refractivity contribution in [2.75, 3.05) is 19.5 Å². The molecular weight excluding hydrogens is 332 g/mol. The molecule has 2 aromatic rings. The molecule has 1 N–H and O–H groups in total. The molecule has 1 aromatic carbocycles. The lowest BCUT2D eigenvalue weighted by Crippen LogP contribution is -2.14. The van der Waals surface area contributed by atoms with Crippen LogP contribution in [-0.2, 0) is 0 Å². The first kappa shape index (κ1) is 19.8. The number of rotatable bonds is 10. The Morgan fingerprint density at radius 2 is 1.88 bits per heavy atom. The highest BCUT2D eigenvalue weighted by Crippen LogP contribution is 2.30. The molecular formula is C20H28N2O4. The monoisotopic (exact) mass is 360 g/mol. The van der Waals surface area contributed by atoms with Gasteiger partial charge in [0.15, 0.2) is 0 Å². The second-order valence-electron chi connectivity index (χ2n) is 6.21. The number of ether oxygens (including phenoxy) is 2. The topological polar surface area (TPSA) is 73.6 Å². The van der Waals surface area contributed by atoms with Gasteiger partial charge in [-0.3, -0.25) is 10.1 Å². The summed E-state index contributed by atoms with van der Waals surface area (Å²) in [7, 11) is 3.03. The minimum absolute atomic E-state index is 0.324. The Morgan fingerprint density at radius 1 is 1.19 bits per heavy atom. The van der Waals surface area contributed by atoms with E-state index in [0.717, 1.165) is 18.5 Å². The molecule has 26 heavy (non-hydrogen) atoms. The van der Waals surface area contributed by atoms with Crippen molar-refractivity contribution >= 4 is 11.8 Å². The van der Waals surface area contributed by atoms with Gasteiger partial charge in [-0.1, -0.05) is 44.3 Å². The van der Waals surface area contributed by atoms with Crippen LogP contribution in [0.4, 0.5) is 5.88 Å². The highest BCUT2D eigenvalue weighted by atomic mass is 16.5. The van der Waals surface area contributed by atoms with Crippen LogP contribution >= 0.6 is 0 Å². The lowest BCUT2D eigenvalue weighted by Gasteiger charge is -2.11. The fraction of sp³-hybridized carbons (Fsp3) is 0.500. The van der Waals surface area contributed by atoms with E-state index in [9.17, 15) is 4.79 Å². The Balaban J connectivity index is 2.12. The van der Waals surface area contributed by atoms with E-state index in [1.54, 1.807) is 24.3 Å². The van der Waals surface area contributed by atoms with Crippen molar-refractivity contribution in [1.29, 1.82) is 0 Å². The van der Waals surface area contributed by atoms with Gasteiger partial charge in [-0.05, 0) is 25.0 Å². The van der Waals surface area contributed by atoms with Crippen LogP contribution in [0.25, 0.3) is 0 Å². The predicted octanol–water partition coefficient (Wildman–Crippen LogP) is 5.02. The van der Waals surface area contributed by atoms with Crippen LogP contribution in [0, 0.1) is 0 Å². The van der Waals surface area contributed by atoms with Gasteiger partial charge in [0.05, 0.1) is 19.9 Å². The Kier molecular flexibility index (Phi) is 7.51. The molecule has 6 heteroatoms. The molecule has 1 heterocycles. The summed E-state index contributed by atoms with van der Waals surface area (Å²) in [6.45, 7) is 4.33. The molecule has 0 fully saturated rings. The summed E-state index contributed by atoms with van der Waals surface area (Å²) in [6.07, 6.45) is 5.64. The third-order valence-corrected chi connectivity index (χ3v) is 4.49. The number of benzene rings is 1. The summed E-state index contributed by atoms with van der Waals surface area (Å²) < 4.78 is 15.9. The molecule has 0 aliphatic heterocycles. The van der Waals surface area contributed by atoms with Gasteiger partial charge < -0.3 is 14.0 Å². The highest BCUT2D eigenvalue weighted by Gasteiger charge is 2.21. The average molecular weight is 360 g/mol. The maximum Gasteiger partial charge on any atom is 0.265 e. The van der Waals surface area contributed by atoms with Crippen molar-refractivity contribution in [3.8, 4) is 11.5 Å². The third kappa shape index (κ3) is 4.77. The second kappa shape index (κ2) is 9.85. The highest BCUT2D eigenvalue weighted by molar-refractivity contribution is 6.07. The van der Waals surface area contributed by atoms with Crippen molar-refractivity contribution in [1.82, 2.24) is 5.16 Å². The van der Waals surface area contributed by atoms with E-state index in [1.807, 2.05) is 0 Å². The van der Waals surface area contributed by atoms with E-state index in [2.05, 4.69) is 24.3 Å². The quantitative estimate of drug-likeness (QED) is 0.602. The van der Waals surface area contributed by atoms with E-state index in [4.69, 9.17) is 14.0 Å². The van der Waals surface area contributed by atoms with Crippen LogP contribution in [0.1, 0.15) is 67.9 Å². The van der Waals surface area contributed by atoms with E-state index < -0.39 is 0 Å². The molecule has 0 saturated carbocycles. The van der Waals surface area contributed by atoms with E-state index in [0.29, 0.717) is 28.9 Å². The van der Waals surface area contributed by atoms with Gasteiger partial charge in [0.1, 0.15) is 17.1 Å². The molecule has 0 bridgehead atoms. The van der Waals surface area contributed by atoms with Crippen molar-refractivity contribution in [2.24, 2.45) is 0 Å². The fourth-order valence-corrected chi connectivity index (χ4v) is 2.99. The van der Waals surface area contributed by atoms with Crippen molar-refractivity contribution in [2.45, 2.75) is 51.9 Å². The number of carbonyl (C=O) groups excluding carboxylic acids is 1. The molecule has 142 valence electrons. The maximum atomic E-state index is 12.7. The number of amides is 1. The lowest BCUT2D eigenvalue weighted by molar-refractivity contribution is 0.101. The molecule has 0 aliphatic carbocycles. The zero-order valence-corrected chi connectivity index (χ0v) is 16.0. The van der Waals surface area contributed by atoms with Gasteiger partial charge >= 0.3 is 0 Å². The minimum Gasteiger partial charge on any atom is -0.496 e. The summed E-state index contributed by atoms with van der Waals surface area (Å²) in [5, 5.41) is 6.89. The number of carbonyl (C=O) groups is 1. The van der Waals surface area contributed by atoms with E-state index in [1.165, 1.54) is 33.5 Å². The Labute approximate surface area is 154 Å². The number of hydrogen-bond donors (Lipinski definition) is 1. The first-order valence-corrected chi connectivity index (χ1v) is 9.13.